The van der Waals surface area contributed by atoms with Crippen molar-refractivity contribution in [3.05, 3.63) is 27.7 Å². The molecule has 4 N–H and O–H groups in total. The standard InChI is InChI=1S/4C3H7O.Zr/c4*1-2-3-4;/h4*4H,1-3H2;/q4*-1;+4. The second-order valence-electron chi connectivity index (χ2n) is 2.31. The van der Waals surface area contributed by atoms with Crippen LogP contribution in [0.4, 0.5) is 0 Å². The van der Waals surface area contributed by atoms with Crippen molar-refractivity contribution < 1.29 is 46.6 Å². The van der Waals surface area contributed by atoms with Gasteiger partial charge >= 0.3 is 26.2 Å². The van der Waals surface area contributed by atoms with Crippen molar-refractivity contribution in [3.8, 4) is 0 Å². The fraction of sp³-hybridized carbons (Fsp3) is 0.667. The number of hydrogen-bond donors (Lipinski definition) is 4. The molecule has 0 saturated heterocycles. The minimum absolute atomic E-state index is 0. The maximum atomic E-state index is 7.81. The second-order valence-corrected chi connectivity index (χ2v) is 2.31. The summed E-state index contributed by atoms with van der Waals surface area (Å²) in [6, 6.07) is 0. The summed E-state index contributed by atoms with van der Waals surface area (Å²) >= 11 is 0. The number of aliphatic hydroxyl groups excluding tert-OH is 4. The summed E-state index contributed by atoms with van der Waals surface area (Å²) in [6.07, 6.45) is 2.50. The third kappa shape index (κ3) is 163. The summed E-state index contributed by atoms with van der Waals surface area (Å²) in [4.78, 5) is 0. The first-order chi connectivity index (χ1) is 7.66. The molecule has 17 heavy (non-hydrogen) atoms. The van der Waals surface area contributed by atoms with E-state index < -0.39 is 0 Å². The molecule has 104 valence electrons. The van der Waals surface area contributed by atoms with Gasteiger partial charge in [-0.25, -0.2) is 0 Å². The molecule has 0 aromatic heterocycles. The third-order valence-electron chi connectivity index (χ3n) is 0.632. The van der Waals surface area contributed by atoms with E-state index in [-0.39, 0.29) is 52.6 Å². The van der Waals surface area contributed by atoms with Crippen LogP contribution in [-0.2, 0) is 26.2 Å². The van der Waals surface area contributed by atoms with Crippen molar-refractivity contribution in [3.63, 3.8) is 0 Å². The van der Waals surface area contributed by atoms with Gasteiger partial charge in [0.15, 0.2) is 0 Å². The summed E-state index contributed by atoms with van der Waals surface area (Å²) in [7, 11) is 0. The molecule has 0 bridgehead atoms. The van der Waals surface area contributed by atoms with Crippen molar-refractivity contribution in [2.24, 2.45) is 0 Å². The SMILES string of the molecule is [CH2-]CCO.[CH2-]CCO.[CH2-]CCO.[CH2-]CCO.[Zr+4]. The van der Waals surface area contributed by atoms with Gasteiger partial charge in [-0.3, -0.25) is 0 Å². The molecule has 0 saturated carbocycles. The molecule has 0 aromatic rings. The predicted octanol–water partition coefficient (Wildman–Crippen LogP) is 0.809. The van der Waals surface area contributed by atoms with Crippen LogP contribution in [0, 0.1) is 27.7 Å². The largest absolute Gasteiger partial charge is 4.00 e. The summed E-state index contributed by atoms with van der Waals surface area (Å²) in [5, 5.41) is 31.2. The van der Waals surface area contributed by atoms with E-state index in [4.69, 9.17) is 20.4 Å². The molecule has 0 aliphatic carbocycles. The molecule has 4 nitrogen and oxygen atoms in total. The van der Waals surface area contributed by atoms with Gasteiger partial charge in [-0.05, 0) is 0 Å². The average molecular weight is 328 g/mol. The van der Waals surface area contributed by atoms with E-state index in [1.54, 1.807) is 0 Å². The van der Waals surface area contributed by atoms with Gasteiger partial charge < -0.3 is 48.1 Å². The maximum Gasteiger partial charge on any atom is 4.00 e. The van der Waals surface area contributed by atoms with E-state index in [9.17, 15) is 0 Å². The predicted molar refractivity (Wildman–Crippen MR) is 68.2 cm³/mol. The Hall–Kier alpha value is 0.723. The molecule has 5 heteroatoms. The average Bonchev–Trinajstić information content (AvgIpc) is 2.39. The van der Waals surface area contributed by atoms with Gasteiger partial charge in [-0.1, -0.05) is 0 Å². The summed E-state index contributed by atoms with van der Waals surface area (Å²) in [5.41, 5.74) is 0. The zero-order valence-corrected chi connectivity index (χ0v) is 13.2. The zero-order valence-electron chi connectivity index (χ0n) is 10.8. The van der Waals surface area contributed by atoms with E-state index in [2.05, 4.69) is 27.7 Å². The molecule has 0 aliphatic heterocycles. The molecule has 0 aromatic carbocycles. The van der Waals surface area contributed by atoms with Gasteiger partial charge in [0, 0.05) is 26.4 Å². The van der Waals surface area contributed by atoms with E-state index in [0.29, 0.717) is 25.7 Å². The van der Waals surface area contributed by atoms with Crippen LogP contribution < -0.4 is 0 Å². The number of aliphatic hydroxyl groups is 4. The van der Waals surface area contributed by atoms with Crippen molar-refractivity contribution in [2.45, 2.75) is 25.7 Å². The van der Waals surface area contributed by atoms with E-state index in [1.807, 2.05) is 0 Å². The van der Waals surface area contributed by atoms with Crippen molar-refractivity contribution in [1.82, 2.24) is 0 Å². The Labute approximate surface area is 126 Å². The Bertz CT molecular complexity index is 42.5. The first kappa shape index (κ1) is 30.6. The summed E-state index contributed by atoms with van der Waals surface area (Å²) in [5.74, 6) is 0. The zero-order chi connectivity index (χ0) is 13.7. The monoisotopic (exact) mass is 326 g/mol. The molecule has 0 aliphatic rings. The molecule has 0 spiro atoms. The van der Waals surface area contributed by atoms with Crippen LogP contribution in [0.3, 0.4) is 0 Å². The smallest absolute Gasteiger partial charge is 0.399 e. The van der Waals surface area contributed by atoms with Crippen LogP contribution in [0.15, 0.2) is 0 Å². The molecule has 0 amide bonds. The van der Waals surface area contributed by atoms with Crippen LogP contribution in [0.5, 0.6) is 0 Å². The third-order valence-corrected chi connectivity index (χ3v) is 0.632. The van der Waals surface area contributed by atoms with Gasteiger partial charge in [-0.2, -0.15) is 25.7 Å². The van der Waals surface area contributed by atoms with Gasteiger partial charge in [-0.15, -0.1) is 0 Å². The fourth-order valence-electron chi connectivity index (χ4n) is 0. The van der Waals surface area contributed by atoms with Crippen molar-refractivity contribution in [2.75, 3.05) is 26.4 Å². The molecule has 0 fully saturated rings. The summed E-state index contributed by atoms with van der Waals surface area (Å²) in [6.45, 7) is 14.2. The molecule has 0 atom stereocenters. The first-order valence-electron chi connectivity index (χ1n) is 5.26. The van der Waals surface area contributed by atoms with E-state index >= 15 is 0 Å². The molecular weight excluding hydrogens is 299 g/mol. The Morgan fingerprint density at radius 1 is 0.471 bits per heavy atom. The van der Waals surface area contributed by atoms with Gasteiger partial charge in [0.05, 0.1) is 0 Å². The molecular formula is C12H28O4Zr. The van der Waals surface area contributed by atoms with Crippen LogP contribution in [0.1, 0.15) is 25.7 Å². The molecule has 0 radical (unpaired) electrons. The van der Waals surface area contributed by atoms with Crippen LogP contribution in [0.2, 0.25) is 0 Å². The van der Waals surface area contributed by atoms with Crippen molar-refractivity contribution >= 4 is 0 Å². The van der Waals surface area contributed by atoms with Gasteiger partial charge in [0.25, 0.3) is 0 Å². The van der Waals surface area contributed by atoms with Crippen LogP contribution in [0.25, 0.3) is 0 Å². The van der Waals surface area contributed by atoms with E-state index in [1.165, 1.54) is 0 Å². The Kier molecular flexibility index (Phi) is 97.9. The molecule has 0 heterocycles. The minimum Gasteiger partial charge on any atom is -0.399 e. The van der Waals surface area contributed by atoms with Crippen LogP contribution in [-0.4, -0.2) is 46.9 Å². The first-order valence-corrected chi connectivity index (χ1v) is 5.26. The Balaban J connectivity index is -0.0000000369. The molecule has 0 unspecified atom stereocenters. The minimum atomic E-state index is 0. The van der Waals surface area contributed by atoms with E-state index in [0.717, 1.165) is 0 Å². The number of rotatable bonds is 4. The van der Waals surface area contributed by atoms with Crippen molar-refractivity contribution in [1.29, 1.82) is 0 Å². The Morgan fingerprint density at radius 2 is 0.529 bits per heavy atom. The van der Waals surface area contributed by atoms with Gasteiger partial charge in [0.2, 0.25) is 0 Å². The topological polar surface area (TPSA) is 80.9 Å². The Morgan fingerprint density at radius 3 is 0.529 bits per heavy atom. The normalized spacial score (nSPS) is 7.06. The summed E-state index contributed by atoms with van der Waals surface area (Å²) < 4.78 is 0. The molecule has 0 rings (SSSR count). The number of hydrogen-bond acceptors (Lipinski definition) is 4. The fourth-order valence-corrected chi connectivity index (χ4v) is 0. The maximum absolute atomic E-state index is 7.81. The quantitative estimate of drug-likeness (QED) is 0.576. The van der Waals surface area contributed by atoms with Gasteiger partial charge in [0.1, 0.15) is 0 Å². The van der Waals surface area contributed by atoms with Crippen LogP contribution >= 0.6 is 0 Å². The second kappa shape index (κ2) is 54.3.